The molecule has 1 aromatic carbocycles. The molecule has 0 saturated carbocycles. The highest BCUT2D eigenvalue weighted by atomic mass is 35.5. The zero-order valence-corrected chi connectivity index (χ0v) is 25.3. The Kier molecular flexibility index (Phi) is 8.28. The van der Waals surface area contributed by atoms with E-state index in [1.807, 2.05) is 0 Å². The molecule has 228 valence electrons. The van der Waals surface area contributed by atoms with Gasteiger partial charge in [-0.25, -0.2) is 22.7 Å². The van der Waals surface area contributed by atoms with Crippen molar-refractivity contribution in [2.45, 2.75) is 75.7 Å². The quantitative estimate of drug-likeness (QED) is 0.423. The molecule has 1 aromatic heterocycles. The maximum atomic E-state index is 15.5. The van der Waals surface area contributed by atoms with E-state index < -0.39 is 55.3 Å². The van der Waals surface area contributed by atoms with Crippen molar-refractivity contribution in [1.29, 1.82) is 0 Å². The number of carbonyl (C=O) groups is 2. The van der Waals surface area contributed by atoms with Crippen LogP contribution in [0.1, 0.15) is 64.0 Å². The van der Waals surface area contributed by atoms with Gasteiger partial charge in [0.1, 0.15) is 39.0 Å². The molecule has 1 unspecified atom stereocenters. The molecule has 2 N–H and O–H groups in total. The van der Waals surface area contributed by atoms with Crippen LogP contribution in [0.4, 0.5) is 23.7 Å². The Morgan fingerprint density at radius 3 is 2.48 bits per heavy atom. The van der Waals surface area contributed by atoms with Crippen molar-refractivity contribution in [2.24, 2.45) is 9.36 Å². The summed E-state index contributed by atoms with van der Waals surface area (Å²) < 4.78 is 67.8. The normalized spacial score (nSPS) is 24.7. The SMILES string of the molecule is CC(C)(C)OC(=O)NC1=N[C@](C)(c2cc(NC(=O)c3ncc(OC(F)F)cc3Cl)ccc2F)[C@@H]2CCN=S2(=O)C1(C)C. The van der Waals surface area contributed by atoms with Crippen LogP contribution < -0.4 is 15.4 Å². The summed E-state index contributed by atoms with van der Waals surface area (Å²) in [6.45, 7) is 7.16. The third kappa shape index (κ3) is 5.91. The van der Waals surface area contributed by atoms with Gasteiger partial charge in [-0.15, -0.1) is 0 Å². The average Bonchev–Trinajstić information content (AvgIpc) is 3.27. The number of anilines is 1. The van der Waals surface area contributed by atoms with E-state index in [1.54, 1.807) is 41.5 Å². The Morgan fingerprint density at radius 2 is 1.86 bits per heavy atom. The third-order valence-corrected chi connectivity index (χ3v) is 11.0. The van der Waals surface area contributed by atoms with Crippen LogP contribution in [0, 0.1) is 5.82 Å². The number of carbonyl (C=O) groups excluding carboxylic acids is 2. The summed E-state index contributed by atoms with van der Waals surface area (Å²) in [5.41, 5.74) is -2.43. The van der Waals surface area contributed by atoms with Gasteiger partial charge in [0.05, 0.1) is 26.2 Å². The first-order valence-electron chi connectivity index (χ1n) is 12.9. The number of amides is 2. The number of aromatic nitrogens is 1. The number of rotatable bonds is 5. The number of alkyl halides is 2. The molecule has 3 atom stereocenters. The predicted octanol–water partition coefficient (Wildman–Crippen LogP) is 5.90. The molecule has 0 fully saturated rings. The van der Waals surface area contributed by atoms with Crippen molar-refractivity contribution in [3.63, 3.8) is 0 Å². The van der Waals surface area contributed by atoms with E-state index in [9.17, 15) is 22.6 Å². The molecule has 0 radical (unpaired) electrons. The first-order valence-corrected chi connectivity index (χ1v) is 14.9. The number of nitrogens with zero attached hydrogens (tertiary/aromatic N) is 3. The first-order chi connectivity index (χ1) is 19.4. The Labute approximate surface area is 246 Å². The number of aliphatic imine (C=N–C) groups is 1. The predicted molar refractivity (Wildman–Crippen MR) is 152 cm³/mol. The van der Waals surface area contributed by atoms with Gasteiger partial charge in [-0.2, -0.15) is 8.78 Å². The van der Waals surface area contributed by atoms with Gasteiger partial charge in [-0.1, -0.05) is 11.6 Å². The van der Waals surface area contributed by atoms with E-state index >= 15 is 4.39 Å². The van der Waals surface area contributed by atoms with E-state index in [0.717, 1.165) is 18.3 Å². The van der Waals surface area contributed by atoms with Crippen molar-refractivity contribution in [3.8, 4) is 5.75 Å². The number of pyridine rings is 1. The zero-order valence-electron chi connectivity index (χ0n) is 23.8. The lowest BCUT2D eigenvalue weighted by molar-refractivity contribution is -0.0500. The highest BCUT2D eigenvalue weighted by molar-refractivity contribution is 7.96. The van der Waals surface area contributed by atoms with Gasteiger partial charge in [-0.05, 0) is 66.2 Å². The van der Waals surface area contributed by atoms with Gasteiger partial charge >= 0.3 is 12.7 Å². The second-order valence-corrected chi connectivity index (χ2v) is 14.9. The smallest absolute Gasteiger partial charge is 0.413 e. The average molecular weight is 630 g/mol. The molecule has 42 heavy (non-hydrogen) atoms. The molecule has 15 heteroatoms. The molecular weight excluding hydrogens is 599 g/mol. The molecule has 3 heterocycles. The van der Waals surface area contributed by atoms with Gasteiger partial charge in [0.2, 0.25) is 0 Å². The standard InChI is InChI=1S/C27H31ClF3N5O5S/c1-25(2,3)41-24(38)35-22-26(4,5)42(39)19(9-10-33-42)27(6,36-22)16-11-14(7-8-18(16)29)34-21(37)20-17(28)12-15(13-32-20)40-23(30)31/h7-8,11-13,19,23H,9-10H2,1-6H3,(H,34,37)(H,35,36,38)/t19-,27+,42?/m0/s1. The van der Waals surface area contributed by atoms with E-state index in [0.29, 0.717) is 6.42 Å². The zero-order chi connectivity index (χ0) is 31.3. The molecule has 0 spiro atoms. The number of halogens is 4. The number of benzene rings is 1. The van der Waals surface area contributed by atoms with Crippen LogP contribution in [0.25, 0.3) is 0 Å². The Bertz CT molecular complexity index is 1590. The highest BCUT2D eigenvalue weighted by Gasteiger charge is 2.57. The fourth-order valence-electron chi connectivity index (χ4n) is 4.99. The minimum absolute atomic E-state index is 0.00820. The van der Waals surface area contributed by atoms with E-state index in [-0.39, 0.29) is 40.1 Å². The molecule has 0 bridgehead atoms. The maximum absolute atomic E-state index is 15.5. The highest BCUT2D eigenvalue weighted by Crippen LogP contribution is 2.48. The summed E-state index contributed by atoms with van der Waals surface area (Å²) in [5.74, 6) is -1.79. The third-order valence-electron chi connectivity index (χ3n) is 6.98. The molecule has 2 amide bonds. The number of alkyl carbamates (subject to hydrolysis) is 1. The number of ether oxygens (including phenoxy) is 2. The van der Waals surface area contributed by atoms with Crippen molar-refractivity contribution >= 4 is 44.9 Å². The van der Waals surface area contributed by atoms with E-state index in [2.05, 4.69) is 24.7 Å². The van der Waals surface area contributed by atoms with E-state index in [1.165, 1.54) is 12.1 Å². The molecule has 4 rings (SSSR count). The molecule has 2 aliphatic rings. The van der Waals surface area contributed by atoms with Gasteiger partial charge in [0.15, 0.2) is 0 Å². The molecule has 2 aliphatic heterocycles. The van der Waals surface area contributed by atoms with Gasteiger partial charge < -0.3 is 14.8 Å². The summed E-state index contributed by atoms with van der Waals surface area (Å²) in [6.07, 6.45) is 0.457. The van der Waals surface area contributed by atoms with E-state index in [4.69, 9.17) is 21.3 Å². The molecular formula is C27H31ClF3N5O5S. The minimum Gasteiger partial charge on any atom is -0.444 e. The van der Waals surface area contributed by atoms with Crippen molar-refractivity contribution < 1.29 is 36.4 Å². The summed E-state index contributed by atoms with van der Waals surface area (Å²) in [5, 5.41) is 4.21. The summed E-state index contributed by atoms with van der Waals surface area (Å²) in [6, 6.07) is 4.79. The van der Waals surface area contributed by atoms with Gasteiger partial charge in [-0.3, -0.25) is 15.1 Å². The monoisotopic (exact) mass is 629 g/mol. The van der Waals surface area contributed by atoms with Crippen LogP contribution in [0.5, 0.6) is 5.75 Å². The van der Waals surface area contributed by atoms with Gasteiger partial charge in [0.25, 0.3) is 5.91 Å². The molecule has 0 saturated heterocycles. The number of hydrogen-bond acceptors (Lipinski definition) is 8. The summed E-state index contributed by atoms with van der Waals surface area (Å²) in [7, 11) is -3.11. The Balaban J connectivity index is 1.73. The summed E-state index contributed by atoms with van der Waals surface area (Å²) >= 11 is 6.06. The van der Waals surface area contributed by atoms with Crippen LogP contribution in [0.2, 0.25) is 5.02 Å². The number of hydrogen-bond donors (Lipinski definition) is 2. The minimum atomic E-state index is -3.11. The first kappa shape index (κ1) is 31.5. The number of nitrogens with one attached hydrogen (secondary N) is 2. The van der Waals surface area contributed by atoms with Crippen molar-refractivity contribution in [1.82, 2.24) is 10.3 Å². The fourth-order valence-corrected chi connectivity index (χ4v) is 8.42. The van der Waals surface area contributed by atoms with Crippen LogP contribution in [0.3, 0.4) is 0 Å². The van der Waals surface area contributed by atoms with Crippen LogP contribution >= 0.6 is 11.6 Å². The van der Waals surface area contributed by atoms with Gasteiger partial charge in [0, 0.05) is 23.9 Å². The maximum Gasteiger partial charge on any atom is 0.413 e. The lowest BCUT2D eigenvalue weighted by Crippen LogP contribution is -2.60. The second kappa shape index (κ2) is 11.0. The van der Waals surface area contributed by atoms with Crippen LogP contribution in [-0.2, 0) is 20.0 Å². The lowest BCUT2D eigenvalue weighted by Gasteiger charge is -2.45. The number of amidine groups is 1. The van der Waals surface area contributed by atoms with Crippen molar-refractivity contribution in [2.75, 3.05) is 11.9 Å². The van der Waals surface area contributed by atoms with Crippen molar-refractivity contribution in [3.05, 3.63) is 52.6 Å². The topological polar surface area (TPSA) is 131 Å². The molecule has 0 aliphatic carbocycles. The lowest BCUT2D eigenvalue weighted by atomic mass is 9.85. The van der Waals surface area contributed by atoms with Crippen LogP contribution in [-0.4, -0.2) is 55.8 Å². The second-order valence-electron chi connectivity index (χ2n) is 11.5. The Hall–Kier alpha value is -3.39. The summed E-state index contributed by atoms with van der Waals surface area (Å²) in [4.78, 5) is 34.2. The largest absolute Gasteiger partial charge is 0.444 e. The Morgan fingerprint density at radius 1 is 1.17 bits per heavy atom. The molecule has 10 nitrogen and oxygen atoms in total. The fraction of sp³-hybridized carbons (Fsp3) is 0.481. The molecule has 2 aromatic rings. The number of fused-ring (bicyclic) bond motifs is 1. The van der Waals surface area contributed by atoms with Crippen LogP contribution in [0.15, 0.2) is 39.8 Å².